The fourth-order valence-corrected chi connectivity index (χ4v) is 1.76. The fourth-order valence-electron chi connectivity index (χ4n) is 1.76. The molecule has 22 heavy (non-hydrogen) atoms. The molecule has 0 saturated carbocycles. The Bertz CT molecular complexity index is 774. The molecule has 2 rings (SSSR count). The van der Waals surface area contributed by atoms with Crippen LogP contribution in [0.2, 0.25) is 0 Å². The molecular formula is C16H15NO5. The Hall–Kier alpha value is -2.76. The molecule has 0 atom stereocenters. The Labute approximate surface area is 126 Å². The number of carbonyl (C=O) groups is 3. The number of hydrogen-bond donors (Lipinski definition) is 1. The second-order valence-corrected chi connectivity index (χ2v) is 5.81. The SMILES string of the molecule is CC(C)(C)C(=O)Oc1c(C(=O)O)ccc2ccc(C=O)nc12. The average Bonchev–Trinajstić information content (AvgIpc) is 2.45. The number of nitrogens with zero attached hydrogens (tertiary/aromatic N) is 1. The summed E-state index contributed by atoms with van der Waals surface area (Å²) in [5.41, 5.74) is -0.689. The van der Waals surface area contributed by atoms with E-state index >= 15 is 0 Å². The predicted molar refractivity (Wildman–Crippen MR) is 79.2 cm³/mol. The summed E-state index contributed by atoms with van der Waals surface area (Å²) in [6.45, 7) is 4.97. The Balaban J connectivity index is 2.70. The van der Waals surface area contributed by atoms with E-state index < -0.39 is 17.4 Å². The maximum Gasteiger partial charge on any atom is 0.339 e. The third-order valence-corrected chi connectivity index (χ3v) is 3.00. The van der Waals surface area contributed by atoms with Gasteiger partial charge in [-0.3, -0.25) is 9.59 Å². The number of aromatic nitrogens is 1. The van der Waals surface area contributed by atoms with Crippen LogP contribution in [0.15, 0.2) is 24.3 Å². The van der Waals surface area contributed by atoms with Gasteiger partial charge in [0.25, 0.3) is 0 Å². The monoisotopic (exact) mass is 301 g/mol. The maximum absolute atomic E-state index is 12.1. The van der Waals surface area contributed by atoms with Crippen molar-refractivity contribution in [1.29, 1.82) is 0 Å². The first-order valence-electron chi connectivity index (χ1n) is 6.58. The number of carboxylic acids is 1. The highest BCUT2D eigenvalue weighted by molar-refractivity contribution is 6.01. The molecule has 1 heterocycles. The zero-order valence-corrected chi connectivity index (χ0v) is 12.4. The highest BCUT2D eigenvalue weighted by Crippen LogP contribution is 2.31. The zero-order valence-electron chi connectivity index (χ0n) is 12.4. The molecule has 114 valence electrons. The van der Waals surface area contributed by atoms with E-state index in [0.717, 1.165) is 0 Å². The number of hydrogen-bond acceptors (Lipinski definition) is 5. The summed E-state index contributed by atoms with van der Waals surface area (Å²) in [7, 11) is 0. The number of ether oxygens (including phenoxy) is 1. The van der Waals surface area contributed by atoms with Crippen LogP contribution in [0.5, 0.6) is 5.75 Å². The molecule has 1 N–H and O–H groups in total. The van der Waals surface area contributed by atoms with E-state index in [1.165, 1.54) is 12.1 Å². The molecule has 0 fully saturated rings. The average molecular weight is 301 g/mol. The lowest BCUT2D eigenvalue weighted by atomic mass is 9.97. The lowest BCUT2D eigenvalue weighted by Gasteiger charge is -2.18. The van der Waals surface area contributed by atoms with Gasteiger partial charge in [0, 0.05) is 5.39 Å². The van der Waals surface area contributed by atoms with Crippen LogP contribution in [0.3, 0.4) is 0 Å². The van der Waals surface area contributed by atoms with Crippen LogP contribution in [0, 0.1) is 5.41 Å². The molecule has 0 aliphatic carbocycles. The topological polar surface area (TPSA) is 93.6 Å². The van der Waals surface area contributed by atoms with E-state index in [-0.39, 0.29) is 22.5 Å². The van der Waals surface area contributed by atoms with E-state index in [2.05, 4.69) is 4.98 Å². The van der Waals surface area contributed by atoms with Crippen molar-refractivity contribution in [2.24, 2.45) is 5.41 Å². The van der Waals surface area contributed by atoms with Gasteiger partial charge in [0.1, 0.15) is 16.8 Å². The number of pyridine rings is 1. The Morgan fingerprint density at radius 1 is 1.18 bits per heavy atom. The number of rotatable bonds is 3. The van der Waals surface area contributed by atoms with Gasteiger partial charge in [-0.25, -0.2) is 9.78 Å². The van der Waals surface area contributed by atoms with Crippen LogP contribution >= 0.6 is 0 Å². The lowest BCUT2D eigenvalue weighted by molar-refractivity contribution is -0.142. The number of carboxylic acid groups (broad SMARTS) is 1. The van der Waals surface area contributed by atoms with Crippen LogP contribution in [0.4, 0.5) is 0 Å². The standard InChI is InChI=1S/C16H15NO5/c1-16(2,3)15(21)22-13-11(14(19)20)7-5-9-4-6-10(8-18)17-12(9)13/h4-8H,1-3H3,(H,19,20). The lowest BCUT2D eigenvalue weighted by Crippen LogP contribution is -2.26. The van der Waals surface area contributed by atoms with Crippen molar-refractivity contribution in [2.75, 3.05) is 0 Å². The molecule has 0 spiro atoms. The molecule has 0 bridgehead atoms. The van der Waals surface area contributed by atoms with Crippen LogP contribution < -0.4 is 4.74 Å². The van der Waals surface area contributed by atoms with Crippen LogP contribution in [0.1, 0.15) is 41.6 Å². The molecule has 0 aliphatic heterocycles. The number of carbonyl (C=O) groups excluding carboxylic acids is 2. The zero-order chi connectivity index (χ0) is 16.5. The van der Waals surface area contributed by atoms with Crippen LogP contribution in [-0.2, 0) is 4.79 Å². The van der Waals surface area contributed by atoms with Gasteiger partial charge in [-0.05, 0) is 32.9 Å². The van der Waals surface area contributed by atoms with Crippen LogP contribution in [0.25, 0.3) is 10.9 Å². The summed E-state index contributed by atoms with van der Waals surface area (Å²) in [6, 6.07) is 6.02. The Morgan fingerprint density at radius 3 is 2.36 bits per heavy atom. The quantitative estimate of drug-likeness (QED) is 0.532. The first-order valence-corrected chi connectivity index (χ1v) is 6.58. The van der Waals surface area contributed by atoms with Gasteiger partial charge in [0.2, 0.25) is 0 Å². The van der Waals surface area contributed by atoms with Gasteiger partial charge < -0.3 is 9.84 Å². The molecule has 1 aromatic heterocycles. The summed E-state index contributed by atoms with van der Waals surface area (Å²) in [5, 5.41) is 9.85. The van der Waals surface area contributed by atoms with Crippen molar-refractivity contribution in [3.8, 4) is 5.75 Å². The van der Waals surface area contributed by atoms with Gasteiger partial charge in [-0.1, -0.05) is 12.1 Å². The van der Waals surface area contributed by atoms with Crippen molar-refractivity contribution in [1.82, 2.24) is 4.98 Å². The van der Waals surface area contributed by atoms with Gasteiger partial charge >= 0.3 is 11.9 Å². The first-order chi connectivity index (χ1) is 10.2. The molecule has 1 aromatic carbocycles. The highest BCUT2D eigenvalue weighted by Gasteiger charge is 2.27. The van der Waals surface area contributed by atoms with E-state index in [1.54, 1.807) is 32.9 Å². The second-order valence-electron chi connectivity index (χ2n) is 5.81. The van der Waals surface area contributed by atoms with Gasteiger partial charge in [0.05, 0.1) is 5.41 Å². The fraction of sp³-hybridized carbons (Fsp3) is 0.250. The minimum atomic E-state index is -1.24. The molecule has 0 aliphatic rings. The predicted octanol–water partition coefficient (Wildman–Crippen LogP) is 2.70. The Morgan fingerprint density at radius 2 is 1.82 bits per heavy atom. The molecule has 2 aromatic rings. The summed E-state index contributed by atoms with van der Waals surface area (Å²) < 4.78 is 5.29. The number of esters is 1. The maximum atomic E-state index is 12.1. The highest BCUT2D eigenvalue weighted by atomic mass is 16.5. The van der Waals surface area contributed by atoms with Crippen LogP contribution in [-0.4, -0.2) is 28.3 Å². The molecule has 6 heteroatoms. The number of fused-ring (bicyclic) bond motifs is 1. The van der Waals surface area contributed by atoms with Crippen molar-refractivity contribution in [3.05, 3.63) is 35.5 Å². The number of aldehydes is 1. The van der Waals surface area contributed by atoms with E-state index in [9.17, 15) is 19.5 Å². The van der Waals surface area contributed by atoms with E-state index in [4.69, 9.17) is 4.74 Å². The third-order valence-electron chi connectivity index (χ3n) is 3.00. The van der Waals surface area contributed by atoms with Gasteiger partial charge in [0.15, 0.2) is 12.0 Å². The summed E-state index contributed by atoms with van der Waals surface area (Å²) in [4.78, 5) is 38.4. The van der Waals surface area contributed by atoms with Crippen molar-refractivity contribution < 1.29 is 24.2 Å². The summed E-state index contributed by atoms with van der Waals surface area (Å²) in [5.74, 6) is -1.97. The molecule has 0 saturated heterocycles. The van der Waals surface area contributed by atoms with Gasteiger partial charge in [-0.15, -0.1) is 0 Å². The summed E-state index contributed by atoms with van der Waals surface area (Å²) >= 11 is 0. The molecule has 6 nitrogen and oxygen atoms in total. The third kappa shape index (κ3) is 2.95. The molecule has 0 amide bonds. The minimum absolute atomic E-state index is 0.128. The number of benzene rings is 1. The van der Waals surface area contributed by atoms with Crippen molar-refractivity contribution in [3.63, 3.8) is 0 Å². The summed E-state index contributed by atoms with van der Waals surface area (Å²) in [6.07, 6.45) is 0.544. The van der Waals surface area contributed by atoms with Crippen molar-refractivity contribution in [2.45, 2.75) is 20.8 Å². The Kier molecular flexibility index (Phi) is 3.95. The van der Waals surface area contributed by atoms with E-state index in [1.807, 2.05) is 0 Å². The minimum Gasteiger partial charge on any atom is -0.478 e. The molecule has 0 unspecified atom stereocenters. The molecular weight excluding hydrogens is 286 g/mol. The smallest absolute Gasteiger partial charge is 0.339 e. The normalized spacial score (nSPS) is 11.2. The van der Waals surface area contributed by atoms with Crippen molar-refractivity contribution >= 4 is 29.1 Å². The van der Waals surface area contributed by atoms with Gasteiger partial charge in [-0.2, -0.15) is 0 Å². The van der Waals surface area contributed by atoms with E-state index in [0.29, 0.717) is 11.7 Å². The number of aromatic carboxylic acids is 1. The second kappa shape index (κ2) is 5.55. The largest absolute Gasteiger partial charge is 0.478 e. The first kappa shape index (κ1) is 15.6. The molecule has 0 radical (unpaired) electrons.